The Bertz CT molecular complexity index is 345. The molecule has 0 aromatic heterocycles. The number of rotatable bonds is 3. The van der Waals surface area contributed by atoms with Crippen LogP contribution in [0.3, 0.4) is 0 Å². The topological polar surface area (TPSA) is 26.0 Å². The van der Waals surface area contributed by atoms with E-state index < -0.39 is 0 Å². The second-order valence-corrected chi connectivity index (χ2v) is 5.34. The maximum atomic E-state index is 6.21. The standard InChI is InChI=1S/C12H17Cl2N/c1-8(2)12(3,15)7-9-5-4-6-10(13)11(9)14/h4-6,8H,7,15H2,1-3H3. The molecule has 3 heteroatoms. The first-order chi connectivity index (χ1) is 6.84. The van der Waals surface area contributed by atoms with Crippen molar-refractivity contribution >= 4 is 23.2 Å². The highest BCUT2D eigenvalue weighted by molar-refractivity contribution is 6.42. The van der Waals surface area contributed by atoms with Crippen LogP contribution in [0.15, 0.2) is 18.2 Å². The zero-order chi connectivity index (χ0) is 11.6. The fourth-order valence-electron chi connectivity index (χ4n) is 1.30. The van der Waals surface area contributed by atoms with Gasteiger partial charge in [-0.25, -0.2) is 0 Å². The maximum Gasteiger partial charge on any atom is 0.0624 e. The van der Waals surface area contributed by atoms with E-state index in [2.05, 4.69) is 13.8 Å². The summed E-state index contributed by atoms with van der Waals surface area (Å²) in [5.41, 5.74) is 6.97. The Morgan fingerprint density at radius 1 is 1.33 bits per heavy atom. The smallest absolute Gasteiger partial charge is 0.0624 e. The molecule has 0 aliphatic carbocycles. The van der Waals surface area contributed by atoms with Crippen LogP contribution in [0.1, 0.15) is 26.3 Å². The van der Waals surface area contributed by atoms with Gasteiger partial charge in [0.25, 0.3) is 0 Å². The predicted molar refractivity (Wildman–Crippen MR) is 67.6 cm³/mol. The molecule has 0 fully saturated rings. The number of hydrogen-bond acceptors (Lipinski definition) is 1. The van der Waals surface area contributed by atoms with Gasteiger partial charge in [0.1, 0.15) is 0 Å². The van der Waals surface area contributed by atoms with Crippen LogP contribution in [-0.2, 0) is 6.42 Å². The minimum Gasteiger partial charge on any atom is -0.325 e. The summed E-state index contributed by atoms with van der Waals surface area (Å²) in [7, 11) is 0. The first kappa shape index (κ1) is 12.8. The number of hydrogen-bond donors (Lipinski definition) is 1. The summed E-state index contributed by atoms with van der Waals surface area (Å²) in [5, 5.41) is 1.21. The lowest BCUT2D eigenvalue weighted by molar-refractivity contribution is 0.338. The molecular formula is C12H17Cl2N. The van der Waals surface area contributed by atoms with Crippen LogP contribution in [-0.4, -0.2) is 5.54 Å². The van der Waals surface area contributed by atoms with Gasteiger partial charge in [0.2, 0.25) is 0 Å². The van der Waals surface area contributed by atoms with E-state index in [1.54, 1.807) is 6.07 Å². The number of benzene rings is 1. The van der Waals surface area contributed by atoms with Crippen LogP contribution in [0.5, 0.6) is 0 Å². The average Bonchev–Trinajstić information content (AvgIpc) is 2.12. The normalized spacial score (nSPS) is 15.4. The first-order valence-corrected chi connectivity index (χ1v) is 5.82. The Hall–Kier alpha value is -0.240. The number of halogens is 2. The van der Waals surface area contributed by atoms with Crippen LogP contribution < -0.4 is 5.73 Å². The van der Waals surface area contributed by atoms with Gasteiger partial charge in [0.05, 0.1) is 10.0 Å². The molecule has 1 aromatic carbocycles. The van der Waals surface area contributed by atoms with Gasteiger partial charge in [-0.15, -0.1) is 0 Å². The van der Waals surface area contributed by atoms with Gasteiger partial charge < -0.3 is 5.73 Å². The Morgan fingerprint density at radius 2 is 1.93 bits per heavy atom. The number of nitrogens with two attached hydrogens (primary N) is 1. The molecule has 15 heavy (non-hydrogen) atoms. The van der Waals surface area contributed by atoms with E-state index in [0.717, 1.165) is 12.0 Å². The third kappa shape index (κ3) is 3.10. The zero-order valence-corrected chi connectivity index (χ0v) is 10.9. The molecule has 0 amide bonds. The Morgan fingerprint density at radius 3 is 2.47 bits per heavy atom. The van der Waals surface area contributed by atoms with Crippen molar-refractivity contribution in [1.82, 2.24) is 0 Å². The van der Waals surface area contributed by atoms with Crippen molar-refractivity contribution in [2.45, 2.75) is 32.7 Å². The lowest BCUT2D eigenvalue weighted by Gasteiger charge is -2.29. The summed E-state index contributed by atoms with van der Waals surface area (Å²) in [6.45, 7) is 6.26. The Labute approximate surface area is 102 Å². The lowest BCUT2D eigenvalue weighted by Crippen LogP contribution is -2.43. The molecule has 1 aromatic rings. The molecule has 0 spiro atoms. The summed E-state index contributed by atoms with van der Waals surface area (Å²) in [6, 6.07) is 5.66. The van der Waals surface area contributed by atoms with Gasteiger partial charge in [-0.2, -0.15) is 0 Å². The SMILES string of the molecule is CC(C)C(C)(N)Cc1cccc(Cl)c1Cl. The minimum atomic E-state index is -0.256. The highest BCUT2D eigenvalue weighted by Crippen LogP contribution is 2.29. The highest BCUT2D eigenvalue weighted by atomic mass is 35.5. The van der Waals surface area contributed by atoms with Crippen molar-refractivity contribution in [3.8, 4) is 0 Å². The quantitative estimate of drug-likeness (QED) is 0.859. The fraction of sp³-hybridized carbons (Fsp3) is 0.500. The molecule has 0 aliphatic rings. The third-order valence-corrected chi connectivity index (χ3v) is 3.78. The minimum absolute atomic E-state index is 0.256. The molecule has 0 radical (unpaired) electrons. The molecule has 1 atom stereocenters. The van der Waals surface area contributed by atoms with Gasteiger partial charge in [0, 0.05) is 5.54 Å². The van der Waals surface area contributed by atoms with Gasteiger partial charge in [-0.1, -0.05) is 49.2 Å². The van der Waals surface area contributed by atoms with Crippen LogP contribution >= 0.6 is 23.2 Å². The van der Waals surface area contributed by atoms with E-state index in [4.69, 9.17) is 28.9 Å². The molecule has 0 saturated carbocycles. The van der Waals surface area contributed by atoms with E-state index in [0.29, 0.717) is 16.0 Å². The molecule has 0 heterocycles. The van der Waals surface area contributed by atoms with E-state index in [1.165, 1.54) is 0 Å². The van der Waals surface area contributed by atoms with Crippen molar-refractivity contribution in [2.75, 3.05) is 0 Å². The molecular weight excluding hydrogens is 229 g/mol. The van der Waals surface area contributed by atoms with E-state index >= 15 is 0 Å². The molecule has 0 bridgehead atoms. The van der Waals surface area contributed by atoms with E-state index in [9.17, 15) is 0 Å². The van der Waals surface area contributed by atoms with Gasteiger partial charge >= 0.3 is 0 Å². The fourth-order valence-corrected chi connectivity index (χ4v) is 1.69. The van der Waals surface area contributed by atoms with Crippen molar-refractivity contribution in [3.63, 3.8) is 0 Å². The summed E-state index contributed by atoms with van der Waals surface area (Å²) < 4.78 is 0. The first-order valence-electron chi connectivity index (χ1n) is 5.06. The van der Waals surface area contributed by atoms with Crippen molar-refractivity contribution in [1.29, 1.82) is 0 Å². The molecule has 1 unspecified atom stereocenters. The predicted octanol–water partition coefficient (Wildman–Crippen LogP) is 3.91. The second-order valence-electron chi connectivity index (χ2n) is 4.55. The highest BCUT2D eigenvalue weighted by Gasteiger charge is 2.24. The Kier molecular flexibility index (Phi) is 4.05. The zero-order valence-electron chi connectivity index (χ0n) is 9.35. The van der Waals surface area contributed by atoms with Crippen molar-refractivity contribution in [3.05, 3.63) is 33.8 Å². The van der Waals surface area contributed by atoms with Gasteiger partial charge in [-0.05, 0) is 30.9 Å². The summed E-state index contributed by atoms with van der Waals surface area (Å²) in [5.74, 6) is 0.396. The van der Waals surface area contributed by atoms with E-state index in [1.807, 2.05) is 19.1 Å². The molecule has 0 aliphatic heterocycles. The van der Waals surface area contributed by atoms with Crippen molar-refractivity contribution in [2.24, 2.45) is 11.7 Å². The van der Waals surface area contributed by atoms with Crippen LogP contribution in [0.4, 0.5) is 0 Å². The second kappa shape index (κ2) is 4.73. The molecule has 2 N–H and O–H groups in total. The summed E-state index contributed by atoms with van der Waals surface area (Å²) in [4.78, 5) is 0. The molecule has 0 saturated heterocycles. The maximum absolute atomic E-state index is 6.21. The molecule has 84 valence electrons. The summed E-state index contributed by atoms with van der Waals surface area (Å²) in [6.07, 6.45) is 0.740. The van der Waals surface area contributed by atoms with Crippen LogP contribution in [0.2, 0.25) is 10.0 Å². The van der Waals surface area contributed by atoms with E-state index in [-0.39, 0.29) is 5.54 Å². The molecule has 1 nitrogen and oxygen atoms in total. The molecule has 1 rings (SSSR count). The Balaban J connectivity index is 2.95. The summed E-state index contributed by atoms with van der Waals surface area (Å²) >= 11 is 12.1. The monoisotopic (exact) mass is 245 g/mol. The largest absolute Gasteiger partial charge is 0.325 e. The lowest BCUT2D eigenvalue weighted by atomic mass is 9.84. The van der Waals surface area contributed by atoms with Crippen LogP contribution in [0, 0.1) is 5.92 Å². The van der Waals surface area contributed by atoms with Gasteiger partial charge in [0.15, 0.2) is 0 Å². The third-order valence-electron chi connectivity index (χ3n) is 2.92. The van der Waals surface area contributed by atoms with Gasteiger partial charge in [-0.3, -0.25) is 0 Å². The van der Waals surface area contributed by atoms with Crippen molar-refractivity contribution < 1.29 is 0 Å². The average molecular weight is 246 g/mol. The van der Waals surface area contributed by atoms with Crippen LogP contribution in [0.25, 0.3) is 0 Å².